The molecule has 45 heavy (non-hydrogen) atoms. The van der Waals surface area contributed by atoms with E-state index in [1.165, 1.54) is 0 Å². The summed E-state index contributed by atoms with van der Waals surface area (Å²) >= 11 is 3.66. The molecule has 2 atom stereocenters. The first-order valence-electron chi connectivity index (χ1n) is 15.2. The van der Waals surface area contributed by atoms with Crippen LogP contribution in [0.25, 0.3) is 10.8 Å². The normalized spacial score (nSPS) is 21.2. The van der Waals surface area contributed by atoms with Gasteiger partial charge in [-0.05, 0) is 79.1 Å². The molecule has 5 aromatic carbocycles. The number of halogens is 1. The largest absolute Gasteiger partial charge is 0.490 e. The molecule has 0 spiro atoms. The van der Waals surface area contributed by atoms with E-state index in [9.17, 15) is 9.59 Å². The standard InChI is InChI=1S/C38H29BrN2O4/c1-2-44-31-19-22(18-30(39)36(31)45-21-24-12-9-11-23-10-3-4-13-25(23)24)20-40-41-37(42)34-32-26-14-5-6-15-27(26)33(35(34)38(41)43)29-17-8-7-16-28(29)32/h3-20,32-35H,2,21H2,1H3/b40-20-/t32?,33?,34-,35-/m0/s1. The van der Waals surface area contributed by atoms with Crippen molar-refractivity contribution in [2.45, 2.75) is 25.4 Å². The van der Waals surface area contributed by atoms with Crippen molar-refractivity contribution in [3.05, 3.63) is 141 Å². The van der Waals surface area contributed by atoms with Gasteiger partial charge in [0.1, 0.15) is 6.61 Å². The first-order valence-corrected chi connectivity index (χ1v) is 16.0. The predicted molar refractivity (Wildman–Crippen MR) is 177 cm³/mol. The number of hydrazone groups is 1. The van der Waals surface area contributed by atoms with Gasteiger partial charge in [-0.15, -0.1) is 0 Å². The van der Waals surface area contributed by atoms with Crippen molar-refractivity contribution in [1.29, 1.82) is 0 Å². The molecule has 7 heteroatoms. The van der Waals surface area contributed by atoms with E-state index in [1.54, 1.807) is 6.21 Å². The zero-order valence-corrected chi connectivity index (χ0v) is 26.1. The van der Waals surface area contributed by atoms with E-state index in [0.29, 0.717) is 34.7 Å². The van der Waals surface area contributed by atoms with E-state index >= 15 is 0 Å². The molecule has 0 saturated carbocycles. The fourth-order valence-electron chi connectivity index (χ4n) is 7.53. The minimum absolute atomic E-state index is 0.166. The number of ether oxygens (including phenoxy) is 2. The average molecular weight is 658 g/mol. The fourth-order valence-corrected chi connectivity index (χ4v) is 8.11. The summed E-state index contributed by atoms with van der Waals surface area (Å²) in [6, 6.07) is 34.5. The average Bonchev–Trinajstić information content (AvgIpc) is 3.32. The summed E-state index contributed by atoms with van der Waals surface area (Å²) in [6.45, 7) is 2.71. The molecule has 1 fully saturated rings. The zero-order valence-electron chi connectivity index (χ0n) is 24.5. The number of benzene rings is 5. The summed E-state index contributed by atoms with van der Waals surface area (Å²) in [5.74, 6) is -0.653. The van der Waals surface area contributed by atoms with Crippen LogP contribution in [0.2, 0.25) is 0 Å². The summed E-state index contributed by atoms with van der Waals surface area (Å²) < 4.78 is 13.0. The number of amides is 2. The molecule has 3 aliphatic carbocycles. The Labute approximate surface area is 269 Å². The van der Waals surface area contributed by atoms with Crippen LogP contribution in [0.3, 0.4) is 0 Å². The lowest BCUT2D eigenvalue weighted by molar-refractivity contribution is -0.139. The molecule has 1 saturated heterocycles. The van der Waals surface area contributed by atoms with E-state index in [4.69, 9.17) is 9.47 Å². The third-order valence-electron chi connectivity index (χ3n) is 9.33. The molecule has 1 aliphatic heterocycles. The lowest BCUT2D eigenvalue weighted by atomic mass is 9.55. The van der Waals surface area contributed by atoms with Crippen LogP contribution in [-0.2, 0) is 16.2 Å². The topological polar surface area (TPSA) is 68.2 Å². The van der Waals surface area contributed by atoms with Crippen LogP contribution >= 0.6 is 15.9 Å². The Morgan fingerprint density at radius 1 is 0.756 bits per heavy atom. The molecule has 0 aromatic heterocycles. The van der Waals surface area contributed by atoms with Crippen LogP contribution in [0.5, 0.6) is 11.5 Å². The Morgan fingerprint density at radius 2 is 1.33 bits per heavy atom. The van der Waals surface area contributed by atoms with Gasteiger partial charge in [-0.3, -0.25) is 9.59 Å². The lowest BCUT2D eigenvalue weighted by Crippen LogP contribution is -2.41. The van der Waals surface area contributed by atoms with Gasteiger partial charge < -0.3 is 9.47 Å². The van der Waals surface area contributed by atoms with Crippen molar-refractivity contribution in [3.63, 3.8) is 0 Å². The van der Waals surface area contributed by atoms with Crippen LogP contribution in [0, 0.1) is 11.8 Å². The van der Waals surface area contributed by atoms with E-state index in [1.807, 2.05) is 61.5 Å². The molecule has 6 nitrogen and oxygen atoms in total. The highest BCUT2D eigenvalue weighted by Crippen LogP contribution is 2.61. The van der Waals surface area contributed by atoms with Gasteiger partial charge >= 0.3 is 0 Å². The van der Waals surface area contributed by atoms with Gasteiger partial charge in [-0.1, -0.05) is 91.0 Å². The number of fused-ring (bicyclic) bond motifs is 1. The second-order valence-corrected chi connectivity index (χ2v) is 12.5. The summed E-state index contributed by atoms with van der Waals surface area (Å²) in [5, 5.41) is 7.87. The third-order valence-corrected chi connectivity index (χ3v) is 9.92. The predicted octanol–water partition coefficient (Wildman–Crippen LogP) is 7.81. The Morgan fingerprint density at radius 3 is 1.96 bits per heavy atom. The SMILES string of the molecule is CCOc1cc(/C=N\N2C(=O)[C@H]3C4c5ccccc5C(c5ccccc54)[C@@H]3C2=O)cc(Br)c1OCc1cccc2ccccc12. The second kappa shape index (κ2) is 11.0. The fraction of sp³-hybridized carbons (Fsp3) is 0.184. The van der Waals surface area contributed by atoms with Crippen LogP contribution in [0.4, 0.5) is 0 Å². The molecule has 4 aliphatic rings. The Kier molecular flexibility index (Phi) is 6.79. The Balaban J connectivity index is 1.08. The number of hydrogen-bond donors (Lipinski definition) is 0. The summed E-state index contributed by atoms with van der Waals surface area (Å²) in [6.07, 6.45) is 1.55. The zero-order chi connectivity index (χ0) is 30.7. The maximum absolute atomic E-state index is 13.9. The number of imide groups is 1. The maximum Gasteiger partial charge on any atom is 0.254 e. The van der Waals surface area contributed by atoms with E-state index in [0.717, 1.165) is 43.6 Å². The molecule has 2 amide bonds. The highest BCUT2D eigenvalue weighted by molar-refractivity contribution is 9.10. The van der Waals surface area contributed by atoms with Crippen LogP contribution in [0.15, 0.2) is 113 Å². The highest BCUT2D eigenvalue weighted by Gasteiger charge is 2.61. The molecular formula is C38H29BrN2O4. The van der Waals surface area contributed by atoms with Crippen molar-refractivity contribution < 1.29 is 19.1 Å². The Bertz CT molecular complexity index is 1920. The number of hydrogen-bond acceptors (Lipinski definition) is 5. The molecule has 222 valence electrons. The maximum atomic E-state index is 13.9. The van der Waals surface area contributed by atoms with Crippen molar-refractivity contribution in [3.8, 4) is 11.5 Å². The first-order chi connectivity index (χ1) is 22.0. The Hall–Kier alpha value is -4.75. The van der Waals surface area contributed by atoms with Crippen LogP contribution in [0.1, 0.15) is 52.1 Å². The van der Waals surface area contributed by atoms with Crippen molar-refractivity contribution in [2.75, 3.05) is 6.61 Å². The minimum Gasteiger partial charge on any atom is -0.490 e. The minimum atomic E-state index is -0.472. The first kappa shape index (κ1) is 27.8. The summed E-state index contributed by atoms with van der Waals surface area (Å²) in [5.41, 5.74) is 6.29. The van der Waals surface area contributed by atoms with Crippen molar-refractivity contribution in [2.24, 2.45) is 16.9 Å². The van der Waals surface area contributed by atoms with Gasteiger partial charge in [-0.2, -0.15) is 10.1 Å². The van der Waals surface area contributed by atoms with Crippen LogP contribution in [-0.4, -0.2) is 29.6 Å². The lowest BCUT2D eigenvalue weighted by Gasteiger charge is -2.45. The second-order valence-electron chi connectivity index (χ2n) is 11.7. The molecule has 9 rings (SSSR count). The van der Waals surface area contributed by atoms with Gasteiger partial charge in [0.25, 0.3) is 11.8 Å². The molecule has 0 unspecified atom stereocenters. The van der Waals surface area contributed by atoms with E-state index < -0.39 is 11.8 Å². The van der Waals surface area contributed by atoms with Crippen molar-refractivity contribution in [1.82, 2.24) is 5.01 Å². The molecular weight excluding hydrogens is 628 g/mol. The van der Waals surface area contributed by atoms with Gasteiger partial charge in [0.05, 0.1) is 29.1 Å². The van der Waals surface area contributed by atoms with Gasteiger partial charge in [0.15, 0.2) is 11.5 Å². The summed E-state index contributed by atoms with van der Waals surface area (Å²) in [7, 11) is 0. The quantitative estimate of drug-likeness (QED) is 0.132. The smallest absolute Gasteiger partial charge is 0.254 e. The number of carbonyl (C=O) groups excluding carboxylic acids is 2. The van der Waals surface area contributed by atoms with E-state index in [2.05, 4.69) is 69.6 Å². The number of carbonyl (C=O) groups is 2. The summed E-state index contributed by atoms with van der Waals surface area (Å²) in [4.78, 5) is 27.8. The number of nitrogens with zero attached hydrogens (tertiary/aromatic N) is 2. The molecule has 2 bridgehead atoms. The van der Waals surface area contributed by atoms with Gasteiger partial charge in [0.2, 0.25) is 0 Å². The monoisotopic (exact) mass is 656 g/mol. The molecule has 1 heterocycles. The number of rotatable bonds is 7. The van der Waals surface area contributed by atoms with Crippen LogP contribution < -0.4 is 9.47 Å². The molecule has 0 radical (unpaired) electrons. The van der Waals surface area contributed by atoms with Gasteiger partial charge in [0, 0.05) is 11.8 Å². The van der Waals surface area contributed by atoms with Gasteiger partial charge in [-0.25, -0.2) is 0 Å². The van der Waals surface area contributed by atoms with E-state index in [-0.39, 0.29) is 23.7 Å². The molecule has 5 aromatic rings. The molecule has 0 N–H and O–H groups in total. The van der Waals surface area contributed by atoms with Crippen molar-refractivity contribution >= 4 is 44.7 Å². The highest BCUT2D eigenvalue weighted by atomic mass is 79.9. The third kappa shape index (κ3) is 4.40.